The highest BCUT2D eigenvalue weighted by Crippen LogP contribution is 2.28. The molecule has 0 bridgehead atoms. The molecule has 2 atom stereocenters. The first-order valence-electron chi connectivity index (χ1n) is 6.88. The number of rotatable bonds is 6. The van der Waals surface area contributed by atoms with Crippen molar-refractivity contribution in [2.75, 3.05) is 13.1 Å². The van der Waals surface area contributed by atoms with Crippen LogP contribution in [0.3, 0.4) is 0 Å². The van der Waals surface area contributed by atoms with Crippen molar-refractivity contribution >= 4 is 0 Å². The minimum absolute atomic E-state index is 0.0224. The van der Waals surface area contributed by atoms with Gasteiger partial charge in [0.1, 0.15) is 17.7 Å². The van der Waals surface area contributed by atoms with Gasteiger partial charge in [0, 0.05) is 25.1 Å². The minimum atomic E-state index is -0.674. The molecule has 0 spiro atoms. The Labute approximate surface area is 113 Å². The van der Waals surface area contributed by atoms with Gasteiger partial charge in [-0.3, -0.25) is 0 Å². The Balaban J connectivity index is 1.78. The molecule has 1 aliphatic rings. The van der Waals surface area contributed by atoms with Gasteiger partial charge in [0.15, 0.2) is 0 Å². The topological polar surface area (TPSA) is 41.5 Å². The van der Waals surface area contributed by atoms with Gasteiger partial charge < -0.3 is 15.2 Å². The Bertz CT molecular complexity index is 434. The van der Waals surface area contributed by atoms with Crippen molar-refractivity contribution in [2.45, 2.75) is 44.8 Å². The SMILES string of the molecule is CCCC(C)(O)CNCC1Cc2cc(F)ccc2O1. The molecule has 0 radical (unpaired) electrons. The normalized spacial score (nSPS) is 20.7. The molecule has 2 unspecified atom stereocenters. The average Bonchev–Trinajstić information content (AvgIpc) is 2.70. The highest BCUT2D eigenvalue weighted by molar-refractivity contribution is 5.37. The van der Waals surface area contributed by atoms with Gasteiger partial charge in [0.2, 0.25) is 0 Å². The lowest BCUT2D eigenvalue weighted by Gasteiger charge is -2.24. The first-order chi connectivity index (χ1) is 9.00. The Morgan fingerprint density at radius 3 is 3.05 bits per heavy atom. The second-order valence-electron chi connectivity index (χ2n) is 5.57. The molecule has 1 aromatic rings. The summed E-state index contributed by atoms with van der Waals surface area (Å²) in [6, 6.07) is 4.63. The van der Waals surface area contributed by atoms with E-state index >= 15 is 0 Å². The second-order valence-corrected chi connectivity index (χ2v) is 5.57. The summed E-state index contributed by atoms with van der Waals surface area (Å²) in [5.74, 6) is 0.551. The van der Waals surface area contributed by atoms with Gasteiger partial charge in [-0.25, -0.2) is 4.39 Å². The van der Waals surface area contributed by atoms with E-state index in [4.69, 9.17) is 4.74 Å². The molecule has 2 rings (SSSR count). The molecule has 0 saturated heterocycles. The van der Waals surface area contributed by atoms with Crippen LogP contribution < -0.4 is 10.1 Å². The number of nitrogens with one attached hydrogen (secondary N) is 1. The van der Waals surface area contributed by atoms with Crippen LogP contribution in [0.1, 0.15) is 32.3 Å². The van der Waals surface area contributed by atoms with E-state index in [0.29, 0.717) is 13.1 Å². The maximum atomic E-state index is 13.1. The number of fused-ring (bicyclic) bond motifs is 1. The van der Waals surface area contributed by atoms with Crippen LogP contribution >= 0.6 is 0 Å². The first-order valence-corrected chi connectivity index (χ1v) is 6.88. The molecule has 0 aromatic heterocycles. The zero-order valence-electron chi connectivity index (χ0n) is 11.6. The summed E-state index contributed by atoms with van der Waals surface area (Å²) in [5, 5.41) is 13.3. The van der Waals surface area contributed by atoms with Crippen molar-refractivity contribution in [3.8, 4) is 5.75 Å². The summed E-state index contributed by atoms with van der Waals surface area (Å²) in [7, 11) is 0. The highest BCUT2D eigenvalue weighted by Gasteiger charge is 2.24. The van der Waals surface area contributed by atoms with Crippen molar-refractivity contribution in [1.29, 1.82) is 0 Å². The van der Waals surface area contributed by atoms with Crippen molar-refractivity contribution in [1.82, 2.24) is 5.32 Å². The second kappa shape index (κ2) is 5.88. The summed E-state index contributed by atoms with van der Waals surface area (Å²) in [4.78, 5) is 0. The van der Waals surface area contributed by atoms with E-state index in [1.807, 2.05) is 6.92 Å². The third-order valence-corrected chi connectivity index (χ3v) is 3.43. The molecule has 1 heterocycles. The lowest BCUT2D eigenvalue weighted by atomic mass is 10.0. The zero-order valence-corrected chi connectivity index (χ0v) is 11.6. The van der Waals surface area contributed by atoms with Crippen molar-refractivity contribution in [3.63, 3.8) is 0 Å². The van der Waals surface area contributed by atoms with E-state index in [1.165, 1.54) is 12.1 Å². The van der Waals surface area contributed by atoms with Crippen LogP contribution in [0.25, 0.3) is 0 Å². The molecule has 2 N–H and O–H groups in total. The van der Waals surface area contributed by atoms with Gasteiger partial charge >= 0.3 is 0 Å². The standard InChI is InChI=1S/C15H22FNO2/c1-3-6-15(2,18)10-17-9-13-8-11-7-12(16)4-5-14(11)19-13/h4-5,7,13,17-18H,3,6,8-10H2,1-2H3. The van der Waals surface area contributed by atoms with Crippen LogP contribution in [0, 0.1) is 5.82 Å². The summed E-state index contributed by atoms with van der Waals surface area (Å²) < 4.78 is 18.8. The number of aliphatic hydroxyl groups is 1. The lowest BCUT2D eigenvalue weighted by molar-refractivity contribution is 0.0478. The average molecular weight is 267 g/mol. The van der Waals surface area contributed by atoms with Crippen LogP contribution in [0.15, 0.2) is 18.2 Å². The Morgan fingerprint density at radius 1 is 1.53 bits per heavy atom. The predicted octanol–water partition coefficient (Wildman–Crippen LogP) is 2.27. The van der Waals surface area contributed by atoms with Crippen molar-refractivity contribution in [2.24, 2.45) is 0 Å². The number of hydrogen-bond acceptors (Lipinski definition) is 3. The molecule has 1 aromatic carbocycles. The Morgan fingerprint density at radius 2 is 2.32 bits per heavy atom. The molecule has 0 saturated carbocycles. The lowest BCUT2D eigenvalue weighted by Crippen LogP contribution is -2.41. The van der Waals surface area contributed by atoms with E-state index in [-0.39, 0.29) is 11.9 Å². The van der Waals surface area contributed by atoms with E-state index in [0.717, 1.165) is 30.6 Å². The summed E-state index contributed by atoms with van der Waals surface area (Å²) in [6.07, 6.45) is 2.47. The minimum Gasteiger partial charge on any atom is -0.488 e. The van der Waals surface area contributed by atoms with Gasteiger partial charge in [-0.2, -0.15) is 0 Å². The highest BCUT2D eigenvalue weighted by atomic mass is 19.1. The molecular weight excluding hydrogens is 245 g/mol. The first kappa shape index (κ1) is 14.3. The number of ether oxygens (including phenoxy) is 1. The fraction of sp³-hybridized carbons (Fsp3) is 0.600. The van der Waals surface area contributed by atoms with Crippen LogP contribution in [-0.4, -0.2) is 29.9 Å². The zero-order chi connectivity index (χ0) is 13.9. The Kier molecular flexibility index (Phi) is 4.42. The molecule has 106 valence electrons. The van der Waals surface area contributed by atoms with Gasteiger partial charge in [-0.1, -0.05) is 13.3 Å². The number of hydrogen-bond donors (Lipinski definition) is 2. The summed E-state index contributed by atoms with van der Waals surface area (Å²) in [5.41, 5.74) is 0.249. The van der Waals surface area contributed by atoms with Crippen LogP contribution in [-0.2, 0) is 6.42 Å². The fourth-order valence-electron chi connectivity index (χ4n) is 2.53. The quantitative estimate of drug-likeness (QED) is 0.831. The summed E-state index contributed by atoms with van der Waals surface area (Å²) in [6.45, 7) is 5.10. The maximum Gasteiger partial charge on any atom is 0.123 e. The third kappa shape index (κ3) is 3.91. The van der Waals surface area contributed by atoms with E-state index in [1.54, 1.807) is 6.07 Å². The Hall–Kier alpha value is -1.13. The van der Waals surface area contributed by atoms with Gasteiger partial charge in [-0.15, -0.1) is 0 Å². The van der Waals surface area contributed by atoms with E-state index in [9.17, 15) is 9.50 Å². The van der Waals surface area contributed by atoms with Gasteiger partial charge in [0.25, 0.3) is 0 Å². The van der Waals surface area contributed by atoms with Crippen LogP contribution in [0.5, 0.6) is 5.75 Å². The van der Waals surface area contributed by atoms with Gasteiger partial charge in [0.05, 0.1) is 5.60 Å². The van der Waals surface area contributed by atoms with Crippen molar-refractivity contribution < 1.29 is 14.2 Å². The fourth-order valence-corrected chi connectivity index (χ4v) is 2.53. The molecule has 0 aliphatic carbocycles. The number of halogens is 1. The molecule has 3 nitrogen and oxygen atoms in total. The summed E-state index contributed by atoms with van der Waals surface area (Å²) >= 11 is 0. The molecule has 4 heteroatoms. The van der Waals surface area contributed by atoms with Crippen LogP contribution in [0.4, 0.5) is 4.39 Å². The van der Waals surface area contributed by atoms with E-state index in [2.05, 4.69) is 12.2 Å². The maximum absolute atomic E-state index is 13.1. The molecule has 19 heavy (non-hydrogen) atoms. The van der Waals surface area contributed by atoms with Gasteiger partial charge in [-0.05, 0) is 31.5 Å². The van der Waals surface area contributed by atoms with Crippen LogP contribution in [0.2, 0.25) is 0 Å². The molecular formula is C15H22FNO2. The number of benzene rings is 1. The van der Waals surface area contributed by atoms with Crippen molar-refractivity contribution in [3.05, 3.63) is 29.6 Å². The third-order valence-electron chi connectivity index (χ3n) is 3.43. The van der Waals surface area contributed by atoms with E-state index < -0.39 is 5.60 Å². The largest absolute Gasteiger partial charge is 0.488 e. The monoisotopic (exact) mass is 267 g/mol. The molecule has 1 aliphatic heterocycles. The molecule has 0 fully saturated rings. The predicted molar refractivity (Wildman–Crippen MR) is 72.9 cm³/mol. The smallest absolute Gasteiger partial charge is 0.123 e. The molecule has 0 amide bonds.